The van der Waals surface area contributed by atoms with Crippen LogP contribution in [0.1, 0.15) is 52.9 Å². The number of carboxylic acids is 1. The zero-order chi connectivity index (χ0) is 14.9. The minimum absolute atomic E-state index is 0.00706. The number of carboxylic acid groups (broad SMARTS) is 1. The maximum Gasteiger partial charge on any atom is 0.327 e. The average molecular weight is 299 g/mol. The maximum absolute atomic E-state index is 13.1. The predicted molar refractivity (Wildman–Crippen MR) is 80.5 cm³/mol. The van der Waals surface area contributed by atoms with E-state index in [1.54, 1.807) is 16.7 Å². The van der Waals surface area contributed by atoms with E-state index in [2.05, 4.69) is 20.8 Å². The topological polar surface area (TPSA) is 57.6 Å². The third-order valence-corrected chi connectivity index (χ3v) is 6.44. The molecule has 2 rings (SSSR count). The second kappa shape index (κ2) is 5.96. The number of hydrogen-bond donors (Lipinski definition) is 1. The molecule has 1 saturated heterocycles. The van der Waals surface area contributed by atoms with E-state index >= 15 is 0 Å². The highest BCUT2D eigenvalue weighted by Crippen LogP contribution is 2.46. The molecule has 1 heterocycles. The van der Waals surface area contributed by atoms with Gasteiger partial charge in [0.1, 0.15) is 6.04 Å². The second-order valence-corrected chi connectivity index (χ2v) is 7.53. The molecule has 20 heavy (non-hydrogen) atoms. The van der Waals surface area contributed by atoms with Crippen LogP contribution < -0.4 is 0 Å². The van der Waals surface area contributed by atoms with Crippen LogP contribution in [0.15, 0.2) is 0 Å². The van der Waals surface area contributed by atoms with Crippen molar-refractivity contribution in [1.82, 2.24) is 4.90 Å². The molecule has 0 spiro atoms. The lowest BCUT2D eigenvalue weighted by molar-refractivity contribution is -0.155. The molecule has 0 bridgehead atoms. The normalized spacial score (nSPS) is 29.1. The molecule has 2 unspecified atom stereocenters. The third kappa shape index (κ3) is 2.57. The summed E-state index contributed by atoms with van der Waals surface area (Å²) in [4.78, 5) is 26.3. The van der Waals surface area contributed by atoms with Gasteiger partial charge >= 0.3 is 5.97 Å². The van der Waals surface area contributed by atoms with E-state index in [0.29, 0.717) is 5.75 Å². The standard InChI is InChI=1S/C15H25NO3S/c1-4-15(7-5-6-8-15)14(19)16-11(13(17)18)9-20-12(16)10(2)3/h10-12H,4-9H2,1-3H3,(H,17,18). The molecule has 1 amide bonds. The molecular weight excluding hydrogens is 274 g/mol. The molecule has 114 valence electrons. The van der Waals surface area contributed by atoms with Crippen molar-refractivity contribution in [3.63, 3.8) is 0 Å². The van der Waals surface area contributed by atoms with E-state index in [1.165, 1.54) is 0 Å². The van der Waals surface area contributed by atoms with Gasteiger partial charge in [0.15, 0.2) is 0 Å². The van der Waals surface area contributed by atoms with Crippen molar-refractivity contribution in [2.24, 2.45) is 11.3 Å². The van der Waals surface area contributed by atoms with Crippen molar-refractivity contribution >= 4 is 23.6 Å². The molecule has 0 radical (unpaired) electrons. The Hall–Kier alpha value is -0.710. The Morgan fingerprint density at radius 1 is 1.35 bits per heavy atom. The summed E-state index contributed by atoms with van der Waals surface area (Å²) < 4.78 is 0. The van der Waals surface area contributed by atoms with Gasteiger partial charge in [0.25, 0.3) is 0 Å². The fourth-order valence-electron chi connectivity index (χ4n) is 3.53. The number of carbonyl (C=O) groups is 2. The molecule has 0 aromatic carbocycles. The Kier molecular flexibility index (Phi) is 4.67. The fraction of sp³-hybridized carbons (Fsp3) is 0.867. The van der Waals surface area contributed by atoms with E-state index in [4.69, 9.17) is 0 Å². The molecule has 1 aliphatic heterocycles. The van der Waals surface area contributed by atoms with Crippen LogP contribution in [-0.4, -0.2) is 39.1 Å². The summed E-state index contributed by atoms with van der Waals surface area (Å²) in [6.07, 6.45) is 4.83. The first-order valence-corrected chi connectivity index (χ1v) is 8.65. The zero-order valence-electron chi connectivity index (χ0n) is 12.6. The quantitative estimate of drug-likeness (QED) is 0.867. The number of nitrogens with zero attached hydrogens (tertiary/aromatic N) is 1. The van der Waals surface area contributed by atoms with Gasteiger partial charge in [-0.1, -0.05) is 33.6 Å². The lowest BCUT2D eigenvalue weighted by Gasteiger charge is -2.37. The minimum atomic E-state index is -0.863. The first kappa shape index (κ1) is 15.7. The smallest absolute Gasteiger partial charge is 0.327 e. The van der Waals surface area contributed by atoms with Crippen LogP contribution in [0.5, 0.6) is 0 Å². The van der Waals surface area contributed by atoms with Crippen molar-refractivity contribution in [1.29, 1.82) is 0 Å². The highest BCUT2D eigenvalue weighted by Gasteiger charge is 2.50. The summed E-state index contributed by atoms with van der Waals surface area (Å²) in [6, 6.07) is -0.649. The number of aliphatic carboxylic acids is 1. The van der Waals surface area contributed by atoms with Crippen molar-refractivity contribution in [2.45, 2.75) is 64.3 Å². The molecule has 5 heteroatoms. The van der Waals surface area contributed by atoms with Gasteiger partial charge in [-0.2, -0.15) is 0 Å². The van der Waals surface area contributed by atoms with Crippen LogP contribution in [-0.2, 0) is 9.59 Å². The summed E-state index contributed by atoms with van der Waals surface area (Å²) in [5.41, 5.74) is -0.300. The van der Waals surface area contributed by atoms with Gasteiger partial charge in [0.05, 0.1) is 5.37 Å². The van der Waals surface area contributed by atoms with Crippen molar-refractivity contribution in [3.8, 4) is 0 Å². The van der Waals surface area contributed by atoms with Crippen molar-refractivity contribution in [3.05, 3.63) is 0 Å². The number of carbonyl (C=O) groups excluding carboxylic acids is 1. The molecular formula is C15H25NO3S. The van der Waals surface area contributed by atoms with Crippen LogP contribution in [0.4, 0.5) is 0 Å². The molecule has 1 aliphatic carbocycles. The molecule has 1 saturated carbocycles. The molecule has 4 nitrogen and oxygen atoms in total. The Labute approximate surface area is 125 Å². The maximum atomic E-state index is 13.1. The van der Waals surface area contributed by atoms with Gasteiger partial charge in [-0.25, -0.2) is 4.79 Å². The molecule has 1 N–H and O–H groups in total. The summed E-state index contributed by atoms with van der Waals surface area (Å²) in [5, 5.41) is 9.43. The van der Waals surface area contributed by atoms with Crippen molar-refractivity contribution < 1.29 is 14.7 Å². The summed E-state index contributed by atoms with van der Waals surface area (Å²) in [6.45, 7) is 6.19. The van der Waals surface area contributed by atoms with Crippen LogP contribution in [0.25, 0.3) is 0 Å². The third-order valence-electron chi connectivity index (χ3n) is 4.82. The highest BCUT2D eigenvalue weighted by atomic mass is 32.2. The Morgan fingerprint density at radius 3 is 2.40 bits per heavy atom. The average Bonchev–Trinajstić information content (AvgIpc) is 3.05. The Bertz CT molecular complexity index is 391. The first-order valence-electron chi connectivity index (χ1n) is 7.60. The summed E-state index contributed by atoms with van der Waals surface area (Å²) >= 11 is 1.62. The van der Waals surface area contributed by atoms with Crippen LogP contribution >= 0.6 is 11.8 Å². The molecule has 2 fully saturated rings. The molecule has 0 aromatic rings. The van der Waals surface area contributed by atoms with Crippen LogP contribution in [0.3, 0.4) is 0 Å². The van der Waals surface area contributed by atoms with E-state index in [9.17, 15) is 14.7 Å². The Balaban J connectivity index is 2.29. The van der Waals surface area contributed by atoms with Gasteiger partial charge in [-0.05, 0) is 25.2 Å². The number of thioether (sulfide) groups is 1. The van der Waals surface area contributed by atoms with E-state index in [0.717, 1.165) is 32.1 Å². The molecule has 0 aromatic heterocycles. The SMILES string of the molecule is CCC1(C(=O)N2C(C(=O)O)CSC2C(C)C)CCCC1. The van der Waals surface area contributed by atoms with Crippen LogP contribution in [0, 0.1) is 11.3 Å². The van der Waals surface area contributed by atoms with Gasteiger partial charge in [-0.15, -0.1) is 11.8 Å². The largest absolute Gasteiger partial charge is 0.480 e. The first-order chi connectivity index (χ1) is 9.43. The Morgan fingerprint density at radius 2 is 1.95 bits per heavy atom. The molecule has 2 aliphatic rings. The molecule has 2 atom stereocenters. The monoisotopic (exact) mass is 299 g/mol. The summed E-state index contributed by atoms with van der Waals surface area (Å²) in [5.74, 6) is 0.0273. The fourth-order valence-corrected chi connectivity index (χ4v) is 5.00. The lowest BCUT2D eigenvalue weighted by atomic mass is 9.81. The van der Waals surface area contributed by atoms with E-state index in [-0.39, 0.29) is 22.6 Å². The number of amides is 1. The highest BCUT2D eigenvalue weighted by molar-refractivity contribution is 8.00. The second-order valence-electron chi connectivity index (χ2n) is 6.38. The van der Waals surface area contributed by atoms with Crippen molar-refractivity contribution in [2.75, 3.05) is 5.75 Å². The van der Waals surface area contributed by atoms with Gasteiger partial charge in [0, 0.05) is 11.2 Å². The number of rotatable bonds is 4. The van der Waals surface area contributed by atoms with E-state index < -0.39 is 12.0 Å². The summed E-state index contributed by atoms with van der Waals surface area (Å²) in [7, 11) is 0. The zero-order valence-corrected chi connectivity index (χ0v) is 13.4. The predicted octanol–water partition coefficient (Wildman–Crippen LogP) is 2.97. The van der Waals surface area contributed by atoms with E-state index in [1.807, 2.05) is 0 Å². The van der Waals surface area contributed by atoms with Gasteiger partial charge in [-0.3, -0.25) is 4.79 Å². The lowest BCUT2D eigenvalue weighted by Crippen LogP contribution is -2.52. The van der Waals surface area contributed by atoms with Gasteiger partial charge in [0.2, 0.25) is 5.91 Å². The minimum Gasteiger partial charge on any atom is -0.480 e. The number of hydrogen-bond acceptors (Lipinski definition) is 3. The van der Waals surface area contributed by atoms with Crippen LogP contribution in [0.2, 0.25) is 0 Å². The van der Waals surface area contributed by atoms with Gasteiger partial charge < -0.3 is 10.0 Å².